The van der Waals surface area contributed by atoms with Gasteiger partial charge in [-0.3, -0.25) is 4.90 Å². The molecular formula is C9H16F6N2. The molecule has 0 amide bonds. The highest BCUT2D eigenvalue weighted by molar-refractivity contribution is 4.88. The van der Waals surface area contributed by atoms with Crippen LogP contribution in [0.1, 0.15) is 20.3 Å². The summed E-state index contributed by atoms with van der Waals surface area (Å²) < 4.78 is 74.5. The van der Waals surface area contributed by atoms with E-state index in [9.17, 15) is 26.3 Å². The molecule has 0 bridgehead atoms. The summed E-state index contributed by atoms with van der Waals surface area (Å²) in [5.74, 6) is 0. The number of likely N-dealkylation sites (N-methyl/N-ethyl adjacent to an activating group) is 1. The van der Waals surface area contributed by atoms with Gasteiger partial charge in [0, 0.05) is 6.04 Å². The number of rotatable bonds is 5. The van der Waals surface area contributed by atoms with Gasteiger partial charge in [-0.15, -0.1) is 0 Å². The summed E-state index contributed by atoms with van der Waals surface area (Å²) in [6.45, 7) is 0.677. The Bertz CT molecular complexity index is 225. The molecule has 0 saturated heterocycles. The van der Waals surface area contributed by atoms with Crippen LogP contribution in [-0.2, 0) is 0 Å². The molecule has 0 aliphatic carbocycles. The molecule has 2 atom stereocenters. The van der Waals surface area contributed by atoms with Crippen LogP contribution in [0.25, 0.3) is 0 Å². The van der Waals surface area contributed by atoms with Crippen LogP contribution in [-0.4, -0.2) is 42.4 Å². The average Bonchev–Trinajstić information content (AvgIpc) is 2.12. The minimum absolute atomic E-state index is 0.0431. The van der Waals surface area contributed by atoms with Gasteiger partial charge >= 0.3 is 12.4 Å². The fourth-order valence-electron chi connectivity index (χ4n) is 1.58. The van der Waals surface area contributed by atoms with Crippen LogP contribution in [0.2, 0.25) is 0 Å². The number of halogens is 6. The quantitative estimate of drug-likeness (QED) is 0.775. The van der Waals surface area contributed by atoms with Crippen molar-refractivity contribution >= 4 is 0 Å². The van der Waals surface area contributed by atoms with Crippen LogP contribution in [0.15, 0.2) is 0 Å². The number of hydrogen-bond acceptors (Lipinski definition) is 2. The highest BCUT2D eigenvalue weighted by atomic mass is 19.4. The van der Waals surface area contributed by atoms with Crippen molar-refractivity contribution in [3.05, 3.63) is 0 Å². The summed E-state index contributed by atoms with van der Waals surface area (Å²) in [7, 11) is 0. The summed E-state index contributed by atoms with van der Waals surface area (Å²) >= 11 is 0. The average molecular weight is 266 g/mol. The van der Waals surface area contributed by atoms with Crippen molar-refractivity contribution < 1.29 is 26.3 Å². The van der Waals surface area contributed by atoms with E-state index >= 15 is 0 Å². The topological polar surface area (TPSA) is 29.3 Å². The molecule has 2 N–H and O–H groups in total. The summed E-state index contributed by atoms with van der Waals surface area (Å²) in [5.41, 5.74) is 5.27. The van der Waals surface area contributed by atoms with Gasteiger partial charge in [0.15, 0.2) is 0 Å². The van der Waals surface area contributed by atoms with Crippen LogP contribution in [0, 0.1) is 0 Å². The number of hydrogen-bond donors (Lipinski definition) is 1. The second-order valence-corrected chi connectivity index (χ2v) is 3.74. The lowest BCUT2D eigenvalue weighted by atomic mass is 10.0. The van der Waals surface area contributed by atoms with E-state index < -0.39 is 31.0 Å². The summed E-state index contributed by atoms with van der Waals surface area (Å²) in [4.78, 5) is 0.314. The molecule has 0 aliphatic heterocycles. The van der Waals surface area contributed by atoms with E-state index in [1.165, 1.54) is 13.8 Å². The van der Waals surface area contributed by atoms with Crippen molar-refractivity contribution in [2.75, 3.05) is 13.1 Å². The Morgan fingerprint density at radius 3 is 1.76 bits per heavy atom. The van der Waals surface area contributed by atoms with Crippen LogP contribution in [0.3, 0.4) is 0 Å². The second-order valence-electron chi connectivity index (χ2n) is 3.74. The smallest absolute Gasteiger partial charge is 0.326 e. The highest BCUT2D eigenvalue weighted by Gasteiger charge is 2.48. The number of nitrogens with zero attached hydrogens (tertiary/aromatic N) is 1. The van der Waals surface area contributed by atoms with Crippen LogP contribution in [0.5, 0.6) is 0 Å². The number of nitrogens with two attached hydrogens (primary N) is 1. The maximum atomic E-state index is 12.7. The van der Waals surface area contributed by atoms with Gasteiger partial charge in [-0.05, 0) is 13.0 Å². The van der Waals surface area contributed by atoms with E-state index in [0.717, 1.165) is 0 Å². The molecule has 0 heterocycles. The first-order valence-electron chi connectivity index (χ1n) is 5.16. The Kier molecular flexibility index (Phi) is 5.73. The van der Waals surface area contributed by atoms with Crippen molar-refractivity contribution in [2.24, 2.45) is 5.73 Å². The van der Waals surface area contributed by atoms with Crippen molar-refractivity contribution in [3.8, 4) is 0 Å². The largest absolute Gasteiger partial charge is 0.405 e. The summed E-state index contributed by atoms with van der Waals surface area (Å²) in [5, 5.41) is 0. The zero-order chi connectivity index (χ0) is 13.9. The molecule has 0 aromatic carbocycles. The molecule has 0 fully saturated rings. The summed E-state index contributed by atoms with van der Waals surface area (Å²) in [6, 6.07) is -3.63. The Morgan fingerprint density at radius 2 is 1.53 bits per heavy atom. The van der Waals surface area contributed by atoms with Gasteiger partial charge in [-0.1, -0.05) is 13.8 Å². The van der Waals surface area contributed by atoms with E-state index in [1.807, 2.05) is 0 Å². The molecular weight excluding hydrogens is 250 g/mol. The maximum Gasteiger partial charge on any atom is 0.405 e. The standard InChI is InChI=1S/C9H16F6N2/c1-3-6(16)7(9(13,14)15)17(4-2)5-8(10,11)12/h6-7H,3-5,16H2,1-2H3. The third-order valence-corrected chi connectivity index (χ3v) is 2.39. The van der Waals surface area contributed by atoms with Crippen molar-refractivity contribution in [1.82, 2.24) is 4.90 Å². The predicted molar refractivity (Wildman–Crippen MR) is 51.4 cm³/mol. The first-order chi connectivity index (χ1) is 7.53. The van der Waals surface area contributed by atoms with E-state index in [4.69, 9.17) is 5.73 Å². The first kappa shape index (κ1) is 16.5. The fraction of sp³-hybridized carbons (Fsp3) is 1.00. The third kappa shape index (κ3) is 5.58. The van der Waals surface area contributed by atoms with Crippen LogP contribution in [0.4, 0.5) is 26.3 Å². The molecule has 0 aliphatic rings. The van der Waals surface area contributed by atoms with Gasteiger partial charge in [0.25, 0.3) is 0 Å². The first-order valence-corrected chi connectivity index (χ1v) is 5.16. The van der Waals surface area contributed by atoms with Crippen molar-refractivity contribution in [3.63, 3.8) is 0 Å². The minimum Gasteiger partial charge on any atom is -0.326 e. The monoisotopic (exact) mass is 266 g/mol. The van der Waals surface area contributed by atoms with E-state index in [2.05, 4.69) is 0 Å². The summed E-state index contributed by atoms with van der Waals surface area (Å²) in [6.07, 6.45) is -9.48. The lowest BCUT2D eigenvalue weighted by Crippen LogP contribution is -2.57. The molecule has 0 spiro atoms. The SMILES string of the molecule is CCC(N)C(N(CC)CC(F)(F)F)C(F)(F)F. The van der Waals surface area contributed by atoms with Gasteiger partial charge < -0.3 is 5.73 Å². The van der Waals surface area contributed by atoms with Crippen molar-refractivity contribution in [1.29, 1.82) is 0 Å². The molecule has 0 aromatic rings. The normalized spacial score (nSPS) is 17.3. The van der Waals surface area contributed by atoms with Gasteiger partial charge in [-0.2, -0.15) is 26.3 Å². The Morgan fingerprint density at radius 1 is 1.06 bits per heavy atom. The van der Waals surface area contributed by atoms with Gasteiger partial charge in [-0.25, -0.2) is 0 Å². The Hall–Kier alpha value is -0.500. The molecule has 2 unspecified atom stereocenters. The van der Waals surface area contributed by atoms with Crippen LogP contribution < -0.4 is 5.73 Å². The number of alkyl halides is 6. The van der Waals surface area contributed by atoms with Crippen LogP contribution >= 0.6 is 0 Å². The Labute approximate surface area is 95.8 Å². The van der Waals surface area contributed by atoms with Gasteiger partial charge in [0.1, 0.15) is 6.04 Å². The Balaban J connectivity index is 4.99. The van der Waals surface area contributed by atoms with Gasteiger partial charge in [0.05, 0.1) is 6.54 Å². The molecule has 0 aromatic heterocycles. The molecule has 17 heavy (non-hydrogen) atoms. The fourth-order valence-corrected chi connectivity index (χ4v) is 1.58. The highest BCUT2D eigenvalue weighted by Crippen LogP contribution is 2.30. The lowest BCUT2D eigenvalue weighted by molar-refractivity contribution is -0.213. The predicted octanol–water partition coefficient (Wildman–Crippen LogP) is 2.54. The molecule has 0 saturated carbocycles. The van der Waals surface area contributed by atoms with Crippen molar-refractivity contribution in [2.45, 2.75) is 44.7 Å². The zero-order valence-corrected chi connectivity index (χ0v) is 9.57. The lowest BCUT2D eigenvalue weighted by Gasteiger charge is -2.36. The molecule has 0 rings (SSSR count). The minimum atomic E-state index is -4.77. The van der Waals surface area contributed by atoms with E-state index in [1.54, 1.807) is 0 Å². The molecule has 0 radical (unpaired) electrons. The van der Waals surface area contributed by atoms with E-state index in [0.29, 0.717) is 4.90 Å². The van der Waals surface area contributed by atoms with Gasteiger partial charge in [0.2, 0.25) is 0 Å². The zero-order valence-electron chi connectivity index (χ0n) is 9.57. The third-order valence-electron chi connectivity index (χ3n) is 2.39. The van der Waals surface area contributed by atoms with E-state index in [-0.39, 0.29) is 13.0 Å². The second kappa shape index (κ2) is 5.90. The molecule has 8 heteroatoms. The molecule has 104 valence electrons. The maximum absolute atomic E-state index is 12.7. The molecule has 2 nitrogen and oxygen atoms in total.